The van der Waals surface area contributed by atoms with E-state index in [1.165, 1.54) is 11.6 Å². The monoisotopic (exact) mass is 237 g/mol. The topological polar surface area (TPSA) is 82.9 Å². The SMILES string of the molecule is [N-]=[N+]=NS(=O)(=O)c1ccc2c(c1)CCCC2. The van der Waals surface area contributed by atoms with Gasteiger partial charge in [0, 0.05) is 9.43 Å². The summed E-state index contributed by atoms with van der Waals surface area (Å²) in [5.74, 6) is 0. The molecule has 0 fully saturated rings. The van der Waals surface area contributed by atoms with Gasteiger partial charge < -0.3 is 0 Å². The average Bonchev–Trinajstić information content (AvgIpc) is 2.28. The quantitative estimate of drug-likeness (QED) is 0.450. The molecule has 1 aromatic carbocycles. The van der Waals surface area contributed by atoms with E-state index in [-0.39, 0.29) is 4.90 Å². The number of nitrogens with zero attached hydrogens (tertiary/aromatic N) is 3. The molecule has 84 valence electrons. The smallest absolute Gasteiger partial charge is 0.216 e. The minimum Gasteiger partial charge on any atom is -0.216 e. The number of aryl methyl sites for hydroxylation is 2. The lowest BCUT2D eigenvalue weighted by atomic mass is 9.92. The number of hydrogen-bond donors (Lipinski definition) is 0. The van der Waals surface area contributed by atoms with E-state index in [0.717, 1.165) is 31.2 Å². The van der Waals surface area contributed by atoms with Crippen molar-refractivity contribution in [2.24, 2.45) is 4.52 Å². The van der Waals surface area contributed by atoms with Crippen LogP contribution in [0.25, 0.3) is 10.4 Å². The molecule has 5 nitrogen and oxygen atoms in total. The van der Waals surface area contributed by atoms with Crippen LogP contribution in [-0.2, 0) is 22.9 Å². The summed E-state index contributed by atoms with van der Waals surface area (Å²) in [6.45, 7) is 0. The summed E-state index contributed by atoms with van der Waals surface area (Å²) in [6, 6.07) is 4.95. The van der Waals surface area contributed by atoms with Gasteiger partial charge in [-0.05, 0) is 54.5 Å². The molecule has 0 aromatic heterocycles. The molecule has 2 rings (SSSR count). The number of rotatable bonds is 2. The Morgan fingerprint density at radius 3 is 2.56 bits per heavy atom. The van der Waals surface area contributed by atoms with Crippen molar-refractivity contribution in [3.05, 3.63) is 39.8 Å². The predicted molar refractivity (Wildman–Crippen MR) is 59.4 cm³/mol. The fourth-order valence-electron chi connectivity index (χ4n) is 1.97. The first-order chi connectivity index (χ1) is 7.63. The van der Waals surface area contributed by atoms with E-state index in [4.69, 9.17) is 5.53 Å². The Labute approximate surface area is 93.8 Å². The van der Waals surface area contributed by atoms with E-state index in [9.17, 15) is 8.42 Å². The van der Waals surface area contributed by atoms with Gasteiger partial charge in [0.2, 0.25) is 0 Å². The third-order valence-electron chi connectivity index (χ3n) is 2.76. The van der Waals surface area contributed by atoms with E-state index in [1.54, 1.807) is 6.07 Å². The first-order valence-electron chi connectivity index (χ1n) is 5.07. The summed E-state index contributed by atoms with van der Waals surface area (Å²) in [6.07, 6.45) is 4.12. The molecule has 0 heterocycles. The maximum Gasteiger partial charge on any atom is 0.264 e. The maximum atomic E-state index is 11.5. The number of benzene rings is 1. The molecule has 0 aliphatic heterocycles. The van der Waals surface area contributed by atoms with Crippen molar-refractivity contribution in [3.8, 4) is 0 Å². The zero-order valence-electron chi connectivity index (χ0n) is 8.63. The van der Waals surface area contributed by atoms with Gasteiger partial charge in [0.25, 0.3) is 10.0 Å². The van der Waals surface area contributed by atoms with Gasteiger partial charge in [-0.2, -0.15) is 0 Å². The highest BCUT2D eigenvalue weighted by atomic mass is 32.2. The molecule has 1 aromatic rings. The Hall–Kier alpha value is -1.52. The second-order valence-electron chi connectivity index (χ2n) is 3.78. The highest BCUT2D eigenvalue weighted by Crippen LogP contribution is 2.24. The van der Waals surface area contributed by atoms with Crippen LogP contribution in [0.4, 0.5) is 0 Å². The molecule has 0 saturated carbocycles. The lowest BCUT2D eigenvalue weighted by Crippen LogP contribution is -2.05. The fraction of sp³-hybridized carbons (Fsp3) is 0.400. The molecule has 0 unspecified atom stereocenters. The third-order valence-corrected chi connectivity index (χ3v) is 3.90. The normalized spacial score (nSPS) is 15.0. The molecule has 6 heteroatoms. The van der Waals surface area contributed by atoms with Gasteiger partial charge in [-0.1, -0.05) is 6.07 Å². The molecule has 0 N–H and O–H groups in total. The molecule has 0 amide bonds. The largest absolute Gasteiger partial charge is 0.264 e. The molecule has 0 bridgehead atoms. The van der Waals surface area contributed by atoms with Crippen LogP contribution in [0.3, 0.4) is 0 Å². The lowest BCUT2D eigenvalue weighted by molar-refractivity contribution is 0.596. The van der Waals surface area contributed by atoms with Crippen LogP contribution >= 0.6 is 0 Å². The van der Waals surface area contributed by atoms with Gasteiger partial charge >= 0.3 is 0 Å². The molecule has 0 spiro atoms. The van der Waals surface area contributed by atoms with Gasteiger partial charge in [-0.3, -0.25) is 0 Å². The van der Waals surface area contributed by atoms with Gasteiger partial charge in [-0.15, -0.1) is 0 Å². The zero-order valence-corrected chi connectivity index (χ0v) is 9.44. The highest BCUT2D eigenvalue weighted by Gasteiger charge is 2.16. The Morgan fingerprint density at radius 2 is 1.88 bits per heavy atom. The van der Waals surface area contributed by atoms with Gasteiger partial charge in [0.15, 0.2) is 0 Å². The number of hydrogen-bond acceptors (Lipinski definition) is 2. The first-order valence-corrected chi connectivity index (χ1v) is 6.51. The average molecular weight is 237 g/mol. The summed E-state index contributed by atoms with van der Waals surface area (Å²) in [4.78, 5) is 2.42. The Bertz CT molecular complexity index is 559. The van der Waals surface area contributed by atoms with Crippen LogP contribution in [0.1, 0.15) is 24.0 Å². The first kappa shape index (κ1) is 11.0. The van der Waals surface area contributed by atoms with Crippen molar-refractivity contribution in [2.45, 2.75) is 30.6 Å². The Balaban J connectivity index is 2.49. The molecular formula is C10H11N3O2S. The summed E-state index contributed by atoms with van der Waals surface area (Å²) in [7, 11) is -3.84. The molecule has 1 aliphatic carbocycles. The highest BCUT2D eigenvalue weighted by molar-refractivity contribution is 7.90. The van der Waals surface area contributed by atoms with Crippen LogP contribution in [0, 0.1) is 0 Å². The molecule has 16 heavy (non-hydrogen) atoms. The molecule has 0 saturated heterocycles. The maximum absolute atomic E-state index is 11.5. The van der Waals surface area contributed by atoms with Crippen molar-refractivity contribution in [1.29, 1.82) is 0 Å². The Morgan fingerprint density at radius 1 is 1.19 bits per heavy atom. The number of fused-ring (bicyclic) bond motifs is 1. The van der Waals surface area contributed by atoms with Crippen LogP contribution in [-0.4, -0.2) is 8.42 Å². The van der Waals surface area contributed by atoms with Gasteiger partial charge in [0.1, 0.15) is 0 Å². The van der Waals surface area contributed by atoms with Crippen molar-refractivity contribution in [3.63, 3.8) is 0 Å². The molecule has 0 atom stereocenters. The summed E-state index contributed by atoms with van der Waals surface area (Å²) >= 11 is 0. The zero-order chi connectivity index (χ0) is 11.6. The van der Waals surface area contributed by atoms with E-state index >= 15 is 0 Å². The van der Waals surface area contributed by atoms with Crippen LogP contribution in [0.5, 0.6) is 0 Å². The van der Waals surface area contributed by atoms with E-state index < -0.39 is 10.0 Å². The minimum absolute atomic E-state index is 0.0888. The van der Waals surface area contributed by atoms with E-state index in [2.05, 4.69) is 9.43 Å². The Kier molecular flexibility index (Phi) is 2.85. The van der Waals surface area contributed by atoms with Gasteiger partial charge in [0.05, 0.1) is 4.90 Å². The van der Waals surface area contributed by atoms with Crippen molar-refractivity contribution in [1.82, 2.24) is 0 Å². The van der Waals surface area contributed by atoms with E-state index in [1.807, 2.05) is 6.07 Å². The number of azide groups is 1. The molecular weight excluding hydrogens is 226 g/mol. The van der Waals surface area contributed by atoms with Crippen LogP contribution < -0.4 is 0 Å². The summed E-state index contributed by atoms with van der Waals surface area (Å²) < 4.78 is 25.8. The molecule has 1 aliphatic rings. The lowest BCUT2D eigenvalue weighted by Gasteiger charge is -2.15. The third kappa shape index (κ3) is 2.03. The number of sulfonamides is 1. The second-order valence-corrected chi connectivity index (χ2v) is 5.37. The minimum atomic E-state index is -3.84. The second kappa shape index (κ2) is 4.15. The standard InChI is InChI=1S/C10H11N3O2S/c11-12-13-16(14,15)10-6-5-8-3-1-2-4-9(8)7-10/h5-7H,1-4H2. The van der Waals surface area contributed by atoms with Gasteiger partial charge in [-0.25, -0.2) is 8.42 Å². The fourth-order valence-corrected chi connectivity index (χ4v) is 2.69. The molecule has 0 radical (unpaired) electrons. The van der Waals surface area contributed by atoms with Crippen LogP contribution in [0.2, 0.25) is 0 Å². The van der Waals surface area contributed by atoms with E-state index in [0.29, 0.717) is 0 Å². The summed E-state index contributed by atoms with van der Waals surface area (Å²) in [5, 5.41) is 0. The van der Waals surface area contributed by atoms with Crippen molar-refractivity contribution >= 4 is 10.0 Å². The van der Waals surface area contributed by atoms with Crippen molar-refractivity contribution in [2.75, 3.05) is 0 Å². The van der Waals surface area contributed by atoms with Crippen molar-refractivity contribution < 1.29 is 8.42 Å². The van der Waals surface area contributed by atoms with Crippen LogP contribution in [0.15, 0.2) is 27.6 Å². The predicted octanol–water partition coefficient (Wildman–Crippen LogP) is 2.56. The summed E-state index contributed by atoms with van der Waals surface area (Å²) in [5.41, 5.74) is 10.4.